The number of halogens is 2. The molecule has 0 radical (unpaired) electrons. The summed E-state index contributed by atoms with van der Waals surface area (Å²) in [5, 5.41) is 14.1. The first-order valence-electron chi connectivity index (χ1n) is 6.46. The van der Waals surface area contributed by atoms with Gasteiger partial charge in [0, 0.05) is 0 Å². The van der Waals surface area contributed by atoms with Crippen LogP contribution in [0.1, 0.15) is 29.2 Å². The molecule has 0 spiro atoms. The Morgan fingerprint density at radius 2 is 2.15 bits per heavy atom. The molecule has 1 aromatic carbocycles. The Kier molecular flexibility index (Phi) is 3.48. The van der Waals surface area contributed by atoms with Crippen molar-refractivity contribution in [1.82, 2.24) is 4.98 Å². The van der Waals surface area contributed by atoms with Gasteiger partial charge in [-0.15, -0.1) is 0 Å². The van der Waals surface area contributed by atoms with Crippen molar-refractivity contribution in [3.05, 3.63) is 51.3 Å². The normalized spacial score (nSPS) is 17.1. The number of benzene rings is 1. The van der Waals surface area contributed by atoms with Gasteiger partial charge in [0.25, 0.3) is 0 Å². The fraction of sp³-hybridized carbons (Fsp3) is 0.267. The molecule has 0 saturated carbocycles. The molecule has 0 fully saturated rings. The average Bonchev–Trinajstić information content (AvgIpc) is 2.78. The number of nitrogens with one attached hydrogen (secondary N) is 1. The largest absolute Gasteiger partial charge is 0.508 e. The molecule has 3 nitrogen and oxygen atoms in total. The average molecular weight is 309 g/mol. The molecule has 1 atom stereocenters. The van der Waals surface area contributed by atoms with Gasteiger partial charge in [0.2, 0.25) is 0 Å². The van der Waals surface area contributed by atoms with E-state index in [2.05, 4.69) is 10.3 Å². The number of fused-ring (bicyclic) bond motifs is 1. The van der Waals surface area contributed by atoms with Crippen LogP contribution in [0.5, 0.6) is 5.75 Å². The molecule has 3 rings (SSSR count). The topological polar surface area (TPSA) is 45.2 Å². The van der Waals surface area contributed by atoms with Crippen molar-refractivity contribution in [2.75, 3.05) is 5.32 Å². The number of phenols is 1. The SMILES string of the molecule is Cc1cc(Cl)nc(Cl)c1NC1CCc2c(O)cccc21. The zero-order chi connectivity index (χ0) is 14.3. The fourth-order valence-electron chi connectivity index (χ4n) is 2.73. The Balaban J connectivity index is 1.94. The van der Waals surface area contributed by atoms with Gasteiger partial charge in [-0.2, -0.15) is 0 Å². The number of nitrogens with zero attached hydrogens (tertiary/aromatic N) is 1. The van der Waals surface area contributed by atoms with Crippen LogP contribution in [-0.4, -0.2) is 10.1 Å². The molecule has 20 heavy (non-hydrogen) atoms. The maximum absolute atomic E-state index is 9.88. The second-order valence-electron chi connectivity index (χ2n) is 5.01. The molecule has 104 valence electrons. The fourth-order valence-corrected chi connectivity index (χ4v) is 3.31. The van der Waals surface area contributed by atoms with Crippen LogP contribution in [0.4, 0.5) is 5.69 Å². The Hall–Kier alpha value is -1.45. The number of rotatable bonds is 2. The molecule has 1 aliphatic carbocycles. The van der Waals surface area contributed by atoms with Gasteiger partial charge in [-0.3, -0.25) is 0 Å². The van der Waals surface area contributed by atoms with Gasteiger partial charge in [0.1, 0.15) is 10.9 Å². The van der Waals surface area contributed by atoms with E-state index in [0.29, 0.717) is 16.1 Å². The predicted molar refractivity (Wildman–Crippen MR) is 81.8 cm³/mol. The van der Waals surface area contributed by atoms with Crippen molar-refractivity contribution in [3.8, 4) is 5.75 Å². The highest BCUT2D eigenvalue weighted by atomic mass is 35.5. The monoisotopic (exact) mass is 308 g/mol. The number of aryl methyl sites for hydroxylation is 1. The number of aromatic nitrogens is 1. The maximum atomic E-state index is 9.88. The van der Waals surface area contributed by atoms with Gasteiger partial charge in [0.15, 0.2) is 5.15 Å². The summed E-state index contributed by atoms with van der Waals surface area (Å²) in [6, 6.07) is 7.54. The van der Waals surface area contributed by atoms with Crippen LogP contribution in [0, 0.1) is 6.92 Å². The van der Waals surface area contributed by atoms with E-state index in [4.69, 9.17) is 23.2 Å². The van der Waals surface area contributed by atoms with E-state index in [1.165, 1.54) is 0 Å². The van der Waals surface area contributed by atoms with Gasteiger partial charge < -0.3 is 10.4 Å². The maximum Gasteiger partial charge on any atom is 0.154 e. The standard InChI is InChI=1S/C15H14Cl2N2O/c1-8-7-13(16)19-15(17)14(8)18-11-6-5-10-9(11)3-2-4-12(10)20/h2-4,7,11,18,20H,5-6H2,1H3. The second kappa shape index (κ2) is 5.15. The summed E-state index contributed by atoms with van der Waals surface area (Å²) in [4.78, 5) is 4.07. The minimum atomic E-state index is 0.135. The Morgan fingerprint density at radius 3 is 2.90 bits per heavy atom. The van der Waals surface area contributed by atoms with Crippen molar-refractivity contribution in [1.29, 1.82) is 0 Å². The molecule has 1 unspecified atom stereocenters. The molecular formula is C15H14Cl2N2O. The van der Waals surface area contributed by atoms with E-state index in [1.54, 1.807) is 12.1 Å². The molecule has 1 aliphatic rings. The zero-order valence-electron chi connectivity index (χ0n) is 11.0. The van der Waals surface area contributed by atoms with Crippen LogP contribution in [0.2, 0.25) is 10.3 Å². The summed E-state index contributed by atoms with van der Waals surface area (Å²) in [5.41, 5.74) is 3.90. The number of pyridine rings is 1. The molecule has 5 heteroatoms. The first-order chi connectivity index (χ1) is 9.56. The highest BCUT2D eigenvalue weighted by molar-refractivity contribution is 6.34. The number of aromatic hydroxyl groups is 1. The molecule has 0 aliphatic heterocycles. The van der Waals surface area contributed by atoms with Crippen molar-refractivity contribution < 1.29 is 5.11 Å². The van der Waals surface area contributed by atoms with Gasteiger partial charge >= 0.3 is 0 Å². The van der Waals surface area contributed by atoms with E-state index in [9.17, 15) is 5.11 Å². The van der Waals surface area contributed by atoms with E-state index in [0.717, 1.165) is 35.2 Å². The molecule has 1 aromatic heterocycles. The number of anilines is 1. The smallest absolute Gasteiger partial charge is 0.154 e. The predicted octanol–water partition coefficient (Wildman–Crippen LogP) is 4.50. The molecule has 1 heterocycles. The first kappa shape index (κ1) is 13.5. The minimum Gasteiger partial charge on any atom is -0.508 e. The second-order valence-corrected chi connectivity index (χ2v) is 5.75. The zero-order valence-corrected chi connectivity index (χ0v) is 12.5. The summed E-state index contributed by atoms with van der Waals surface area (Å²) in [6.07, 6.45) is 1.78. The quantitative estimate of drug-likeness (QED) is 0.803. The summed E-state index contributed by atoms with van der Waals surface area (Å²) >= 11 is 12.0. The molecule has 0 saturated heterocycles. The van der Waals surface area contributed by atoms with Gasteiger partial charge in [-0.25, -0.2) is 4.98 Å². The van der Waals surface area contributed by atoms with Crippen molar-refractivity contribution in [2.45, 2.75) is 25.8 Å². The summed E-state index contributed by atoms with van der Waals surface area (Å²) in [5.74, 6) is 0.365. The Labute approximate surface area is 127 Å². The van der Waals surface area contributed by atoms with Crippen molar-refractivity contribution in [2.24, 2.45) is 0 Å². The lowest BCUT2D eigenvalue weighted by atomic mass is 10.1. The van der Waals surface area contributed by atoms with Gasteiger partial charge in [-0.05, 0) is 48.6 Å². The van der Waals surface area contributed by atoms with Crippen molar-refractivity contribution in [3.63, 3.8) is 0 Å². The highest BCUT2D eigenvalue weighted by Gasteiger charge is 2.25. The van der Waals surface area contributed by atoms with Crippen LogP contribution < -0.4 is 5.32 Å². The number of phenolic OH excluding ortho intramolecular Hbond substituents is 1. The van der Waals surface area contributed by atoms with Crippen LogP contribution in [0.3, 0.4) is 0 Å². The molecule has 0 bridgehead atoms. The number of hydrogen-bond acceptors (Lipinski definition) is 3. The van der Waals surface area contributed by atoms with Gasteiger partial charge in [0.05, 0.1) is 11.7 Å². The van der Waals surface area contributed by atoms with E-state index >= 15 is 0 Å². The van der Waals surface area contributed by atoms with E-state index in [1.807, 2.05) is 19.1 Å². The number of hydrogen-bond donors (Lipinski definition) is 2. The van der Waals surface area contributed by atoms with Crippen LogP contribution in [0.15, 0.2) is 24.3 Å². The Bertz CT molecular complexity index is 650. The molecular weight excluding hydrogens is 295 g/mol. The Morgan fingerprint density at radius 1 is 1.35 bits per heavy atom. The minimum absolute atomic E-state index is 0.135. The summed E-state index contributed by atoms with van der Waals surface area (Å²) < 4.78 is 0. The van der Waals surface area contributed by atoms with Crippen LogP contribution in [-0.2, 0) is 6.42 Å². The summed E-state index contributed by atoms with van der Waals surface area (Å²) in [6.45, 7) is 1.94. The lowest BCUT2D eigenvalue weighted by Crippen LogP contribution is -2.09. The third-order valence-corrected chi connectivity index (χ3v) is 4.17. The van der Waals surface area contributed by atoms with Crippen molar-refractivity contribution >= 4 is 28.9 Å². The van der Waals surface area contributed by atoms with E-state index < -0.39 is 0 Å². The lowest BCUT2D eigenvalue weighted by Gasteiger charge is -2.18. The molecule has 0 amide bonds. The van der Waals surface area contributed by atoms with Gasteiger partial charge in [-0.1, -0.05) is 35.3 Å². The third kappa shape index (κ3) is 2.32. The lowest BCUT2D eigenvalue weighted by molar-refractivity contribution is 0.469. The van der Waals surface area contributed by atoms with Crippen LogP contribution >= 0.6 is 23.2 Å². The molecule has 2 aromatic rings. The highest BCUT2D eigenvalue weighted by Crippen LogP contribution is 2.40. The molecule has 2 N–H and O–H groups in total. The van der Waals surface area contributed by atoms with E-state index in [-0.39, 0.29) is 6.04 Å². The first-order valence-corrected chi connectivity index (χ1v) is 7.22. The van der Waals surface area contributed by atoms with Crippen LogP contribution in [0.25, 0.3) is 0 Å². The summed E-state index contributed by atoms with van der Waals surface area (Å²) in [7, 11) is 0. The third-order valence-electron chi connectivity index (χ3n) is 3.71.